The van der Waals surface area contributed by atoms with E-state index >= 15 is 0 Å². The lowest BCUT2D eigenvalue weighted by atomic mass is 9.99. The van der Waals surface area contributed by atoms with Gasteiger partial charge in [0.1, 0.15) is 12.4 Å². The van der Waals surface area contributed by atoms with Crippen molar-refractivity contribution < 1.29 is 19.0 Å². The molecule has 0 spiro atoms. The number of ether oxygens (including phenoxy) is 3. The maximum Gasteiger partial charge on any atom is 0.338 e. The molecule has 1 N–H and O–H groups in total. The van der Waals surface area contributed by atoms with Gasteiger partial charge in [-0.15, -0.1) is 0 Å². The summed E-state index contributed by atoms with van der Waals surface area (Å²) in [5.74, 6) is 0.623. The first-order valence-corrected chi connectivity index (χ1v) is 11.8. The van der Waals surface area contributed by atoms with Crippen LogP contribution in [-0.4, -0.2) is 54.9 Å². The number of likely N-dealkylation sites (tertiary alicyclic amines) is 1. The van der Waals surface area contributed by atoms with Gasteiger partial charge in [-0.1, -0.05) is 24.6 Å². The minimum absolute atomic E-state index is 0.160. The van der Waals surface area contributed by atoms with Crippen LogP contribution >= 0.6 is 0 Å². The second-order valence-electron chi connectivity index (χ2n) is 8.87. The summed E-state index contributed by atoms with van der Waals surface area (Å²) in [6.07, 6.45) is 5.32. The number of fused-ring (bicyclic) bond motifs is 1. The van der Waals surface area contributed by atoms with Gasteiger partial charge in [0.15, 0.2) is 0 Å². The normalized spacial score (nSPS) is 17.7. The van der Waals surface area contributed by atoms with Crippen LogP contribution in [0.25, 0.3) is 10.9 Å². The third-order valence-corrected chi connectivity index (χ3v) is 6.47. The molecule has 0 unspecified atom stereocenters. The van der Waals surface area contributed by atoms with Crippen molar-refractivity contribution in [3.63, 3.8) is 0 Å². The van der Waals surface area contributed by atoms with Crippen LogP contribution in [0.15, 0.2) is 48.7 Å². The van der Waals surface area contributed by atoms with Crippen LogP contribution in [0.1, 0.15) is 47.7 Å². The van der Waals surface area contributed by atoms with Crippen molar-refractivity contribution >= 4 is 16.9 Å². The number of H-pyrrole nitrogens is 1. The molecule has 2 heterocycles. The zero-order valence-corrected chi connectivity index (χ0v) is 19.8. The number of carbonyl (C=O) groups is 1. The molecule has 0 bridgehead atoms. The van der Waals surface area contributed by atoms with Gasteiger partial charge in [-0.2, -0.15) is 0 Å². The Kier molecular flexibility index (Phi) is 7.68. The highest BCUT2D eigenvalue weighted by Crippen LogP contribution is 2.33. The Hall–Kier alpha value is -2.83. The van der Waals surface area contributed by atoms with E-state index in [4.69, 9.17) is 14.2 Å². The summed E-state index contributed by atoms with van der Waals surface area (Å²) in [7, 11) is 1.74. The van der Waals surface area contributed by atoms with E-state index in [2.05, 4.69) is 28.9 Å². The molecule has 1 aliphatic rings. The zero-order valence-electron chi connectivity index (χ0n) is 19.8. The van der Waals surface area contributed by atoms with E-state index in [1.807, 2.05) is 31.3 Å². The van der Waals surface area contributed by atoms with Crippen molar-refractivity contribution in [2.24, 2.45) is 0 Å². The van der Waals surface area contributed by atoms with Crippen LogP contribution in [0.3, 0.4) is 0 Å². The van der Waals surface area contributed by atoms with E-state index < -0.39 is 0 Å². The maximum atomic E-state index is 12.2. The lowest BCUT2D eigenvalue weighted by Gasteiger charge is -2.36. The molecule has 0 radical (unpaired) electrons. The Bertz CT molecular complexity index is 1060. The lowest BCUT2D eigenvalue weighted by molar-refractivity contribution is -0.0293. The molecule has 1 aromatic heterocycles. The van der Waals surface area contributed by atoms with Gasteiger partial charge in [0.2, 0.25) is 0 Å². The topological polar surface area (TPSA) is 63.8 Å². The first-order valence-electron chi connectivity index (χ1n) is 11.8. The third kappa shape index (κ3) is 5.57. The molecule has 1 fully saturated rings. The van der Waals surface area contributed by atoms with E-state index in [9.17, 15) is 4.79 Å². The summed E-state index contributed by atoms with van der Waals surface area (Å²) in [5, 5.41) is 1.22. The standard InChI is InChI=1S/C27H34N2O4/c1-19-15-25(31-3)24(23-12-13-28-26(19)23)16-29-14-8-7-11-22(29)18-32-20(2)17-33-27(30)21-9-5-4-6-10-21/h4-6,9-10,12-13,15,20,22,28H,7-8,11,14,16-18H2,1-3H3/t20-,22-/m0/s1. The molecule has 1 saturated heterocycles. The van der Waals surface area contributed by atoms with Gasteiger partial charge in [0.05, 0.1) is 25.4 Å². The second kappa shape index (κ2) is 10.9. The maximum absolute atomic E-state index is 12.2. The number of piperidine rings is 1. The Morgan fingerprint density at radius 3 is 2.82 bits per heavy atom. The Morgan fingerprint density at radius 2 is 2.03 bits per heavy atom. The van der Waals surface area contributed by atoms with E-state index in [0.717, 1.165) is 25.3 Å². The quantitative estimate of drug-likeness (QED) is 0.460. The van der Waals surface area contributed by atoms with Gasteiger partial charge in [-0.05, 0) is 63.1 Å². The van der Waals surface area contributed by atoms with E-state index in [-0.39, 0.29) is 18.7 Å². The molecule has 0 aliphatic carbocycles. The minimum Gasteiger partial charge on any atom is -0.496 e. The number of hydrogen-bond acceptors (Lipinski definition) is 5. The molecule has 4 rings (SSSR count). The summed E-state index contributed by atoms with van der Waals surface area (Å²) in [4.78, 5) is 18.0. The number of hydrogen-bond donors (Lipinski definition) is 1. The van der Waals surface area contributed by atoms with Crippen LogP contribution in [0.2, 0.25) is 0 Å². The smallest absolute Gasteiger partial charge is 0.338 e. The molecule has 6 nitrogen and oxygen atoms in total. The summed E-state index contributed by atoms with van der Waals surface area (Å²) in [6.45, 7) is 6.79. The Balaban J connectivity index is 1.36. The first kappa shape index (κ1) is 23.3. The SMILES string of the molecule is COc1cc(C)c2[nH]ccc2c1CN1CCCC[C@H]1CO[C@@H](C)COC(=O)c1ccccc1. The van der Waals surface area contributed by atoms with Crippen LogP contribution < -0.4 is 4.74 Å². The largest absolute Gasteiger partial charge is 0.496 e. The number of nitrogens with zero attached hydrogens (tertiary/aromatic N) is 1. The summed E-state index contributed by atoms with van der Waals surface area (Å²) in [5.41, 5.74) is 4.14. The molecular formula is C27H34N2O4. The van der Waals surface area contributed by atoms with E-state index in [1.54, 1.807) is 19.2 Å². The van der Waals surface area contributed by atoms with Gasteiger partial charge in [-0.3, -0.25) is 4.90 Å². The van der Waals surface area contributed by atoms with Crippen LogP contribution in [0.5, 0.6) is 5.75 Å². The highest BCUT2D eigenvalue weighted by Gasteiger charge is 2.26. The molecule has 0 amide bonds. The molecule has 0 saturated carbocycles. The summed E-state index contributed by atoms with van der Waals surface area (Å²) in [6, 6.07) is 13.6. The fraction of sp³-hybridized carbons (Fsp3) is 0.444. The zero-order chi connectivity index (χ0) is 23.2. The minimum atomic E-state index is -0.313. The van der Waals surface area contributed by atoms with Crippen LogP contribution in [0, 0.1) is 6.92 Å². The highest BCUT2D eigenvalue weighted by atomic mass is 16.6. The summed E-state index contributed by atoms with van der Waals surface area (Å²) >= 11 is 0. The molecular weight excluding hydrogens is 416 g/mol. The van der Waals surface area contributed by atoms with Gasteiger partial charge >= 0.3 is 5.97 Å². The number of methoxy groups -OCH3 is 1. The Morgan fingerprint density at radius 1 is 1.21 bits per heavy atom. The number of benzene rings is 2. The fourth-order valence-corrected chi connectivity index (χ4v) is 4.62. The number of esters is 1. The van der Waals surface area contributed by atoms with Crippen molar-refractivity contribution in [2.45, 2.75) is 51.8 Å². The lowest BCUT2D eigenvalue weighted by Crippen LogP contribution is -2.42. The van der Waals surface area contributed by atoms with Crippen molar-refractivity contribution in [2.75, 3.05) is 26.9 Å². The predicted octanol–water partition coefficient (Wildman–Crippen LogP) is 5.10. The number of rotatable bonds is 9. The van der Waals surface area contributed by atoms with Crippen molar-refractivity contribution in [1.29, 1.82) is 0 Å². The first-order chi connectivity index (χ1) is 16.1. The van der Waals surface area contributed by atoms with Crippen LogP contribution in [0.4, 0.5) is 0 Å². The van der Waals surface area contributed by atoms with Crippen molar-refractivity contribution in [1.82, 2.24) is 9.88 Å². The number of nitrogens with one attached hydrogen (secondary N) is 1. The molecule has 2 aromatic carbocycles. The molecule has 6 heteroatoms. The van der Waals surface area contributed by atoms with Gasteiger partial charge in [0, 0.05) is 35.2 Å². The number of aromatic nitrogens is 1. The fourth-order valence-electron chi connectivity index (χ4n) is 4.62. The second-order valence-corrected chi connectivity index (χ2v) is 8.87. The van der Waals surface area contributed by atoms with Crippen LogP contribution in [-0.2, 0) is 16.0 Å². The average Bonchev–Trinajstić information content (AvgIpc) is 3.35. The number of aryl methyl sites for hydroxylation is 1. The molecule has 176 valence electrons. The molecule has 1 aliphatic heterocycles. The van der Waals surface area contributed by atoms with E-state index in [0.29, 0.717) is 18.2 Å². The predicted molar refractivity (Wildman–Crippen MR) is 130 cm³/mol. The monoisotopic (exact) mass is 450 g/mol. The third-order valence-electron chi connectivity index (χ3n) is 6.47. The van der Waals surface area contributed by atoms with Gasteiger partial charge in [0.25, 0.3) is 0 Å². The van der Waals surface area contributed by atoms with Gasteiger partial charge < -0.3 is 19.2 Å². The van der Waals surface area contributed by atoms with Crippen molar-refractivity contribution in [3.05, 3.63) is 65.4 Å². The average molecular weight is 451 g/mol. The Labute approximate surface area is 195 Å². The highest BCUT2D eigenvalue weighted by molar-refractivity contribution is 5.89. The molecule has 3 aromatic rings. The van der Waals surface area contributed by atoms with E-state index in [1.165, 1.54) is 34.9 Å². The number of carbonyl (C=O) groups excluding carboxylic acids is 1. The van der Waals surface area contributed by atoms with Crippen molar-refractivity contribution in [3.8, 4) is 5.75 Å². The molecule has 33 heavy (non-hydrogen) atoms. The molecule has 2 atom stereocenters. The number of aromatic amines is 1. The van der Waals surface area contributed by atoms with Gasteiger partial charge in [-0.25, -0.2) is 4.79 Å². The summed E-state index contributed by atoms with van der Waals surface area (Å²) < 4.78 is 17.3.